The Morgan fingerprint density at radius 3 is 2.46 bits per heavy atom. The van der Waals surface area contributed by atoms with Gasteiger partial charge < -0.3 is 15.5 Å². The molecule has 24 heavy (non-hydrogen) atoms. The van der Waals surface area contributed by atoms with Crippen molar-refractivity contribution in [3.63, 3.8) is 0 Å². The lowest BCUT2D eigenvalue weighted by atomic mass is 10.0. The molecule has 2 unspecified atom stereocenters. The van der Waals surface area contributed by atoms with Crippen LogP contribution in [0.2, 0.25) is 0 Å². The molecule has 1 fully saturated rings. The van der Waals surface area contributed by atoms with Crippen molar-refractivity contribution in [1.82, 2.24) is 15.5 Å². The fourth-order valence-electron chi connectivity index (χ4n) is 3.01. The zero-order chi connectivity index (χ0) is 15.9. The molecule has 0 aromatic heterocycles. The first-order valence-corrected chi connectivity index (χ1v) is 8.35. The average molecular weight is 376 g/mol. The summed E-state index contributed by atoms with van der Waals surface area (Å²) in [5.41, 5.74) is 2.60. The lowest BCUT2D eigenvalue weighted by Crippen LogP contribution is -2.37. The number of halogens is 2. The molecule has 138 valence electrons. The van der Waals surface area contributed by atoms with E-state index in [9.17, 15) is 4.79 Å². The van der Waals surface area contributed by atoms with E-state index in [0.717, 1.165) is 19.4 Å². The summed E-state index contributed by atoms with van der Waals surface area (Å²) in [5.74, 6) is 0.149. The van der Waals surface area contributed by atoms with Crippen molar-refractivity contribution in [2.45, 2.75) is 44.7 Å². The first kappa shape index (κ1) is 23.2. The van der Waals surface area contributed by atoms with E-state index in [1.807, 2.05) is 0 Å². The molecule has 1 aromatic carbocycles. The highest BCUT2D eigenvalue weighted by molar-refractivity contribution is 5.85. The molecule has 1 amide bonds. The van der Waals surface area contributed by atoms with Gasteiger partial charge in [0.05, 0.1) is 6.04 Å². The van der Waals surface area contributed by atoms with Gasteiger partial charge in [-0.3, -0.25) is 4.79 Å². The second-order valence-corrected chi connectivity index (χ2v) is 6.38. The van der Waals surface area contributed by atoms with Gasteiger partial charge in [0.2, 0.25) is 5.91 Å². The number of carbonyl (C=O) groups excluding carboxylic acids is 1. The Hall–Kier alpha value is -0.810. The van der Waals surface area contributed by atoms with E-state index in [2.05, 4.69) is 60.8 Å². The van der Waals surface area contributed by atoms with Crippen LogP contribution in [-0.4, -0.2) is 44.0 Å². The molecule has 2 rings (SSSR count). The van der Waals surface area contributed by atoms with Crippen molar-refractivity contribution < 1.29 is 4.79 Å². The van der Waals surface area contributed by atoms with Crippen LogP contribution in [0.1, 0.15) is 43.4 Å². The van der Waals surface area contributed by atoms with Gasteiger partial charge in [0.1, 0.15) is 0 Å². The number of hydrogen-bond donors (Lipinski definition) is 2. The van der Waals surface area contributed by atoms with E-state index in [1.54, 1.807) is 0 Å². The molecule has 1 heterocycles. The summed E-state index contributed by atoms with van der Waals surface area (Å²) in [6.07, 6.45) is 3.94. The fraction of sp³-hybridized carbons (Fsp3) is 0.611. The second-order valence-electron chi connectivity index (χ2n) is 6.38. The Balaban J connectivity index is 0.00000264. The number of nitrogens with one attached hydrogen (secondary N) is 2. The van der Waals surface area contributed by atoms with Crippen molar-refractivity contribution in [3.05, 3.63) is 35.4 Å². The second kappa shape index (κ2) is 11.7. The zero-order valence-corrected chi connectivity index (χ0v) is 16.5. The minimum atomic E-state index is 0. The number of hydrogen-bond acceptors (Lipinski definition) is 3. The van der Waals surface area contributed by atoms with Crippen LogP contribution in [0.3, 0.4) is 0 Å². The Bertz CT molecular complexity index is 474. The van der Waals surface area contributed by atoms with Crippen molar-refractivity contribution in [2.24, 2.45) is 0 Å². The van der Waals surface area contributed by atoms with Crippen LogP contribution >= 0.6 is 24.8 Å². The van der Waals surface area contributed by atoms with E-state index < -0.39 is 0 Å². The normalized spacial score (nSPS) is 17.8. The molecule has 1 aliphatic heterocycles. The molecule has 1 saturated heterocycles. The molecule has 0 aliphatic carbocycles. The average Bonchev–Trinajstić information content (AvgIpc) is 3.00. The van der Waals surface area contributed by atoms with Crippen molar-refractivity contribution in [2.75, 3.05) is 27.2 Å². The van der Waals surface area contributed by atoms with Gasteiger partial charge in [0.15, 0.2) is 0 Å². The topological polar surface area (TPSA) is 44.4 Å². The maximum atomic E-state index is 12.1. The number of nitrogens with zero attached hydrogens (tertiary/aromatic N) is 1. The van der Waals surface area contributed by atoms with Crippen molar-refractivity contribution in [3.8, 4) is 0 Å². The molecular formula is C18H31Cl2N3O. The number of likely N-dealkylation sites (N-methyl/N-ethyl adjacent to an activating group) is 1. The van der Waals surface area contributed by atoms with Crippen LogP contribution in [-0.2, 0) is 11.2 Å². The van der Waals surface area contributed by atoms with Crippen molar-refractivity contribution in [1.29, 1.82) is 0 Å². The summed E-state index contributed by atoms with van der Waals surface area (Å²) in [6.45, 7) is 3.86. The lowest BCUT2D eigenvalue weighted by Gasteiger charge is -2.25. The molecule has 2 atom stereocenters. The summed E-state index contributed by atoms with van der Waals surface area (Å²) in [6, 6.07) is 9.28. The number of carbonyl (C=O) groups is 1. The highest BCUT2D eigenvalue weighted by Crippen LogP contribution is 2.18. The van der Waals surface area contributed by atoms with Gasteiger partial charge in [-0.1, -0.05) is 31.2 Å². The number of benzene rings is 1. The SMILES string of the molecule is CCc1ccc(C(CNC(=O)CC2CCCN2)N(C)C)cc1.Cl.Cl. The van der Waals surface area contributed by atoms with E-state index in [1.165, 1.54) is 17.5 Å². The van der Waals surface area contributed by atoms with Crippen LogP contribution in [0.15, 0.2) is 24.3 Å². The quantitative estimate of drug-likeness (QED) is 0.769. The summed E-state index contributed by atoms with van der Waals surface area (Å²) in [7, 11) is 4.12. The van der Waals surface area contributed by atoms with Crippen LogP contribution < -0.4 is 10.6 Å². The standard InChI is InChI=1S/C18H29N3O.2ClH/c1-4-14-7-9-15(10-8-14)17(21(2)3)13-20-18(22)12-16-6-5-11-19-16;;/h7-10,16-17,19H,4-6,11-13H2,1-3H3,(H,20,22);2*1H. The lowest BCUT2D eigenvalue weighted by molar-refractivity contribution is -0.121. The molecule has 0 saturated carbocycles. The first-order chi connectivity index (χ1) is 10.6. The molecule has 0 spiro atoms. The van der Waals surface area contributed by atoms with Crippen LogP contribution in [0, 0.1) is 0 Å². The summed E-state index contributed by atoms with van der Waals surface area (Å²) < 4.78 is 0. The Morgan fingerprint density at radius 1 is 1.29 bits per heavy atom. The fourth-order valence-corrected chi connectivity index (χ4v) is 3.01. The highest BCUT2D eigenvalue weighted by atomic mass is 35.5. The Labute approximate surface area is 158 Å². The summed E-state index contributed by atoms with van der Waals surface area (Å²) in [4.78, 5) is 14.2. The van der Waals surface area contributed by atoms with Gasteiger partial charge in [-0.05, 0) is 51.0 Å². The van der Waals surface area contributed by atoms with Crippen LogP contribution in [0.4, 0.5) is 0 Å². The minimum absolute atomic E-state index is 0. The molecule has 6 heteroatoms. The maximum absolute atomic E-state index is 12.1. The molecule has 0 bridgehead atoms. The van der Waals surface area contributed by atoms with Gasteiger partial charge in [-0.15, -0.1) is 24.8 Å². The predicted molar refractivity (Wildman–Crippen MR) is 105 cm³/mol. The van der Waals surface area contributed by atoms with Crippen LogP contribution in [0.25, 0.3) is 0 Å². The van der Waals surface area contributed by atoms with E-state index >= 15 is 0 Å². The largest absolute Gasteiger partial charge is 0.354 e. The first-order valence-electron chi connectivity index (χ1n) is 8.35. The third-order valence-electron chi connectivity index (χ3n) is 4.48. The van der Waals surface area contributed by atoms with Gasteiger partial charge in [0, 0.05) is 19.0 Å². The monoisotopic (exact) mass is 375 g/mol. The molecule has 2 N–H and O–H groups in total. The molecule has 4 nitrogen and oxygen atoms in total. The number of rotatable bonds is 7. The zero-order valence-electron chi connectivity index (χ0n) is 14.9. The van der Waals surface area contributed by atoms with E-state index in [0.29, 0.717) is 19.0 Å². The van der Waals surface area contributed by atoms with Gasteiger partial charge in [-0.25, -0.2) is 0 Å². The molecule has 1 aliphatic rings. The van der Waals surface area contributed by atoms with E-state index in [4.69, 9.17) is 0 Å². The highest BCUT2D eigenvalue weighted by Gasteiger charge is 2.19. The van der Waals surface area contributed by atoms with E-state index in [-0.39, 0.29) is 36.8 Å². The minimum Gasteiger partial charge on any atom is -0.354 e. The van der Waals surface area contributed by atoms with Gasteiger partial charge in [0.25, 0.3) is 0 Å². The maximum Gasteiger partial charge on any atom is 0.221 e. The predicted octanol–water partition coefficient (Wildman–Crippen LogP) is 2.95. The van der Waals surface area contributed by atoms with Crippen LogP contribution in [0.5, 0.6) is 0 Å². The summed E-state index contributed by atoms with van der Waals surface area (Å²) >= 11 is 0. The van der Waals surface area contributed by atoms with Gasteiger partial charge in [-0.2, -0.15) is 0 Å². The molecular weight excluding hydrogens is 345 g/mol. The van der Waals surface area contributed by atoms with Gasteiger partial charge >= 0.3 is 0 Å². The van der Waals surface area contributed by atoms with Crippen molar-refractivity contribution >= 4 is 30.7 Å². The Morgan fingerprint density at radius 2 is 1.96 bits per heavy atom. The molecule has 1 aromatic rings. The number of aryl methyl sites for hydroxylation is 1. The summed E-state index contributed by atoms with van der Waals surface area (Å²) in [5, 5.41) is 6.47. The third-order valence-corrected chi connectivity index (χ3v) is 4.48. The Kier molecular flexibility index (Phi) is 11.3. The smallest absolute Gasteiger partial charge is 0.221 e. The number of amides is 1. The molecule has 0 radical (unpaired) electrons. The third kappa shape index (κ3) is 6.98.